The molecule has 0 unspecified atom stereocenters. The molecule has 0 bridgehead atoms. The van der Waals surface area contributed by atoms with Gasteiger partial charge in [0.15, 0.2) is 6.61 Å². The largest absolute Gasteiger partial charge is 0.548 e. The molecule has 1 N–H and O–H groups in total. The maximum atomic E-state index is 12.1. The number of carboxylic acids is 1. The number of aliphatic carboxylic acids is 1. The predicted octanol–water partition coefficient (Wildman–Crippen LogP) is 1.75. The van der Waals surface area contributed by atoms with Crippen LogP contribution in [-0.2, 0) is 9.59 Å². The number of carboxylic acid groups (broad SMARTS) is 1. The van der Waals surface area contributed by atoms with Gasteiger partial charge in [0.2, 0.25) is 0 Å². The van der Waals surface area contributed by atoms with Gasteiger partial charge in [0.25, 0.3) is 5.91 Å². The lowest BCUT2D eigenvalue weighted by atomic mass is 10.1. The van der Waals surface area contributed by atoms with Gasteiger partial charge in [-0.2, -0.15) is 0 Å². The molecule has 0 fully saturated rings. The van der Waals surface area contributed by atoms with Gasteiger partial charge in [-0.3, -0.25) is 4.79 Å². The first-order valence-corrected chi connectivity index (χ1v) is 9.08. The number of carbonyl (C=O) groups excluding carboxylic acids is 2. The number of benzene rings is 2. The summed E-state index contributed by atoms with van der Waals surface area (Å²) in [5.41, 5.74) is -0.108. The van der Waals surface area contributed by atoms with Crippen molar-refractivity contribution in [3.8, 4) is 5.75 Å². The van der Waals surface area contributed by atoms with Crippen LogP contribution in [0.4, 0.5) is 0 Å². The minimum atomic E-state index is -1.32. The predicted molar refractivity (Wildman–Crippen MR) is 102 cm³/mol. The molecule has 0 radical (unpaired) electrons. The topological polar surface area (TPSA) is 109 Å². The summed E-state index contributed by atoms with van der Waals surface area (Å²) in [5, 5.41) is 15.5. The Morgan fingerprint density at radius 1 is 1.14 bits per heavy atom. The van der Waals surface area contributed by atoms with E-state index in [1.54, 1.807) is 24.3 Å². The number of unbranched alkanes of at least 4 members (excludes halogenated alkanes) is 1. The summed E-state index contributed by atoms with van der Waals surface area (Å²) in [6, 6.07) is 11.0. The van der Waals surface area contributed by atoms with E-state index in [0.717, 1.165) is 17.2 Å². The van der Waals surface area contributed by atoms with E-state index >= 15 is 0 Å². The van der Waals surface area contributed by atoms with Crippen LogP contribution >= 0.6 is 0 Å². The minimum Gasteiger partial charge on any atom is -0.548 e. The molecule has 3 aromatic rings. The number of nitrogens with one attached hydrogen (secondary N) is 1. The fourth-order valence-electron chi connectivity index (χ4n) is 2.99. The fourth-order valence-corrected chi connectivity index (χ4v) is 2.99. The normalized spacial score (nSPS) is 12.0. The van der Waals surface area contributed by atoms with Crippen LogP contribution in [0.1, 0.15) is 26.2 Å². The van der Waals surface area contributed by atoms with Crippen molar-refractivity contribution in [2.45, 2.75) is 32.2 Å². The van der Waals surface area contributed by atoms with Crippen molar-refractivity contribution in [2.75, 3.05) is 6.61 Å². The van der Waals surface area contributed by atoms with E-state index < -0.39 is 23.5 Å². The highest BCUT2D eigenvalue weighted by Gasteiger charge is 2.14. The zero-order valence-corrected chi connectivity index (χ0v) is 15.4. The van der Waals surface area contributed by atoms with Crippen LogP contribution in [0, 0.1) is 0 Å². The third-order valence-corrected chi connectivity index (χ3v) is 4.43. The molecular weight excluding hydrogens is 362 g/mol. The molecule has 1 amide bonds. The summed E-state index contributed by atoms with van der Waals surface area (Å²) in [7, 11) is 0. The standard InChI is InChI=1S/C21H21NO6/c1-2-3-8-17(20(24)25)22-19(23)12-27-13-9-10-15-14-6-4-5-7-16(14)21(26)28-18(15)11-13/h4-7,9-11,17H,2-3,8,12H2,1H3,(H,22,23)(H,24,25)/p-1/t17-/m0/s1. The van der Waals surface area contributed by atoms with Gasteiger partial charge in [-0.1, -0.05) is 38.0 Å². The number of ether oxygens (including phenoxy) is 1. The Hall–Kier alpha value is -3.35. The van der Waals surface area contributed by atoms with Crippen molar-refractivity contribution >= 4 is 33.6 Å². The van der Waals surface area contributed by atoms with Gasteiger partial charge in [-0.05, 0) is 30.0 Å². The van der Waals surface area contributed by atoms with Crippen molar-refractivity contribution in [1.82, 2.24) is 5.32 Å². The molecule has 1 heterocycles. The molecule has 146 valence electrons. The molecule has 0 aliphatic rings. The van der Waals surface area contributed by atoms with Crippen LogP contribution in [0.5, 0.6) is 5.75 Å². The zero-order chi connectivity index (χ0) is 20.1. The first-order valence-electron chi connectivity index (χ1n) is 9.08. The third kappa shape index (κ3) is 4.31. The first-order chi connectivity index (χ1) is 13.5. The zero-order valence-electron chi connectivity index (χ0n) is 15.4. The van der Waals surface area contributed by atoms with Crippen LogP contribution in [0.2, 0.25) is 0 Å². The second-order valence-electron chi connectivity index (χ2n) is 6.46. The molecule has 7 nitrogen and oxygen atoms in total. The molecule has 28 heavy (non-hydrogen) atoms. The quantitative estimate of drug-likeness (QED) is 0.470. The monoisotopic (exact) mass is 382 g/mol. The lowest BCUT2D eigenvalue weighted by molar-refractivity contribution is -0.308. The van der Waals surface area contributed by atoms with Crippen LogP contribution in [0.25, 0.3) is 21.7 Å². The van der Waals surface area contributed by atoms with E-state index in [0.29, 0.717) is 29.6 Å². The van der Waals surface area contributed by atoms with Crippen LogP contribution in [0.15, 0.2) is 51.7 Å². The Bertz CT molecular complexity index is 1070. The highest BCUT2D eigenvalue weighted by atomic mass is 16.5. The smallest absolute Gasteiger partial charge is 0.344 e. The van der Waals surface area contributed by atoms with E-state index in [4.69, 9.17) is 9.15 Å². The van der Waals surface area contributed by atoms with E-state index in [1.807, 2.05) is 19.1 Å². The average molecular weight is 382 g/mol. The van der Waals surface area contributed by atoms with E-state index in [-0.39, 0.29) is 6.61 Å². The van der Waals surface area contributed by atoms with E-state index in [9.17, 15) is 19.5 Å². The minimum absolute atomic E-state index is 0.304. The molecule has 1 atom stereocenters. The average Bonchev–Trinajstić information content (AvgIpc) is 2.69. The molecule has 0 saturated heterocycles. The summed E-state index contributed by atoms with van der Waals surface area (Å²) in [4.78, 5) is 35.2. The van der Waals surface area contributed by atoms with Gasteiger partial charge in [-0.25, -0.2) is 4.79 Å². The van der Waals surface area contributed by atoms with Crippen molar-refractivity contribution in [2.24, 2.45) is 0 Å². The van der Waals surface area contributed by atoms with Crippen molar-refractivity contribution < 1.29 is 23.8 Å². The molecular formula is C21H20NO6-. The van der Waals surface area contributed by atoms with Gasteiger partial charge >= 0.3 is 5.63 Å². The van der Waals surface area contributed by atoms with E-state index in [2.05, 4.69) is 5.32 Å². The highest BCUT2D eigenvalue weighted by molar-refractivity contribution is 6.04. The summed E-state index contributed by atoms with van der Waals surface area (Å²) in [6.45, 7) is 1.57. The van der Waals surface area contributed by atoms with Crippen LogP contribution in [-0.4, -0.2) is 24.5 Å². The van der Waals surface area contributed by atoms with Gasteiger partial charge in [0, 0.05) is 11.5 Å². The molecule has 0 aliphatic heterocycles. The highest BCUT2D eigenvalue weighted by Crippen LogP contribution is 2.26. The lowest BCUT2D eigenvalue weighted by Gasteiger charge is -2.19. The number of amides is 1. The molecule has 1 aromatic heterocycles. The Morgan fingerprint density at radius 3 is 2.61 bits per heavy atom. The molecule has 3 rings (SSSR count). The Balaban J connectivity index is 1.72. The van der Waals surface area contributed by atoms with Gasteiger partial charge in [0.1, 0.15) is 11.3 Å². The van der Waals surface area contributed by atoms with E-state index in [1.165, 1.54) is 6.07 Å². The maximum absolute atomic E-state index is 12.1. The third-order valence-electron chi connectivity index (χ3n) is 4.43. The molecule has 2 aromatic carbocycles. The first kappa shape index (κ1) is 19.4. The Labute approximate surface area is 160 Å². The SMILES string of the molecule is CCCC[C@H](NC(=O)COc1ccc2c(c1)oc(=O)c1ccccc12)C(=O)[O-]. The number of fused-ring (bicyclic) bond motifs is 3. The Morgan fingerprint density at radius 2 is 1.89 bits per heavy atom. The van der Waals surface area contributed by atoms with Gasteiger partial charge in [0.05, 0.1) is 17.4 Å². The summed E-state index contributed by atoms with van der Waals surface area (Å²) in [5.74, 6) is -1.55. The van der Waals surface area contributed by atoms with Crippen LogP contribution < -0.4 is 20.8 Å². The lowest BCUT2D eigenvalue weighted by Crippen LogP contribution is -2.49. The molecule has 0 spiro atoms. The molecule has 0 saturated carbocycles. The maximum Gasteiger partial charge on any atom is 0.344 e. The number of carbonyl (C=O) groups is 2. The van der Waals surface area contributed by atoms with Crippen molar-refractivity contribution in [3.05, 3.63) is 52.9 Å². The molecule has 0 aliphatic carbocycles. The summed E-state index contributed by atoms with van der Waals surface area (Å²) in [6.07, 6.45) is 1.78. The van der Waals surface area contributed by atoms with Gasteiger partial charge in [-0.15, -0.1) is 0 Å². The van der Waals surface area contributed by atoms with Crippen LogP contribution in [0.3, 0.4) is 0 Å². The second kappa shape index (κ2) is 8.56. The van der Waals surface area contributed by atoms with Crippen molar-refractivity contribution in [1.29, 1.82) is 0 Å². The number of hydrogen-bond donors (Lipinski definition) is 1. The fraction of sp³-hybridized carbons (Fsp3) is 0.286. The Kier molecular flexibility index (Phi) is 5.93. The van der Waals surface area contributed by atoms with Crippen molar-refractivity contribution in [3.63, 3.8) is 0 Å². The van der Waals surface area contributed by atoms with Gasteiger partial charge < -0.3 is 24.4 Å². The molecule has 7 heteroatoms. The number of hydrogen-bond acceptors (Lipinski definition) is 6. The summed E-state index contributed by atoms with van der Waals surface area (Å²) < 4.78 is 10.8. The second-order valence-corrected chi connectivity index (χ2v) is 6.46. The summed E-state index contributed by atoms with van der Waals surface area (Å²) >= 11 is 0. The number of rotatable bonds is 8.